The first-order valence-corrected chi connectivity index (χ1v) is 9.85. The highest BCUT2D eigenvalue weighted by Crippen LogP contribution is 2.35. The number of rotatable bonds is 2. The number of Topliss-reactive ketones (excluding diaryl/α,β-unsaturated/α-hetero) is 1. The Morgan fingerprint density at radius 2 is 1.70 bits per heavy atom. The molecule has 2 aromatic carbocycles. The monoisotopic (exact) mass is 393 g/mol. The molecule has 0 saturated carbocycles. The highest BCUT2D eigenvalue weighted by atomic mass is 16.3. The molecule has 0 saturated heterocycles. The molecule has 1 aliphatic heterocycles. The standard InChI is InChI=1S/C26H20N2O2/c1-27-19(13-11-17-7-3-5-9-23(17)27)15-21-25(29)22(26(21)30)16-20-14-12-18-8-4-6-10-24(18)28(20)2/h3-16H,1-2H3/p+1. The van der Waals surface area contributed by atoms with Gasteiger partial charge in [-0.2, -0.15) is 4.57 Å². The van der Waals surface area contributed by atoms with Gasteiger partial charge in [0.25, 0.3) is 0 Å². The normalized spacial score (nSPS) is 18.3. The minimum atomic E-state index is -0.145. The summed E-state index contributed by atoms with van der Waals surface area (Å²) in [5.41, 5.74) is 5.66. The number of likely N-dealkylation sites (N-methyl/N-ethyl adjacent to an activating group) is 1. The van der Waals surface area contributed by atoms with E-state index in [0.717, 1.165) is 33.5 Å². The number of aromatic nitrogens is 1. The summed E-state index contributed by atoms with van der Waals surface area (Å²) in [6.45, 7) is 0. The van der Waals surface area contributed by atoms with E-state index in [4.69, 9.17) is 0 Å². The number of carbonyl (C=O) groups is 1. The van der Waals surface area contributed by atoms with Gasteiger partial charge < -0.3 is 10.0 Å². The van der Waals surface area contributed by atoms with E-state index in [9.17, 15) is 9.90 Å². The van der Waals surface area contributed by atoms with Gasteiger partial charge in [-0.3, -0.25) is 4.79 Å². The number of benzene rings is 2. The summed E-state index contributed by atoms with van der Waals surface area (Å²) in [5, 5.41) is 11.7. The molecular weight excluding hydrogens is 372 g/mol. The zero-order chi connectivity index (χ0) is 20.8. The Hall–Kier alpha value is -3.92. The second-order valence-corrected chi connectivity index (χ2v) is 7.55. The van der Waals surface area contributed by atoms with Crippen LogP contribution in [0, 0.1) is 0 Å². The van der Waals surface area contributed by atoms with Crippen LogP contribution in [0.2, 0.25) is 0 Å². The van der Waals surface area contributed by atoms with E-state index in [2.05, 4.69) is 12.1 Å². The number of ketones is 1. The number of carbonyl (C=O) groups excluding carboxylic acids is 1. The first-order valence-electron chi connectivity index (χ1n) is 9.85. The first-order chi connectivity index (χ1) is 14.5. The van der Waals surface area contributed by atoms with Crippen molar-refractivity contribution in [3.05, 3.63) is 107 Å². The van der Waals surface area contributed by atoms with Crippen LogP contribution in [0.5, 0.6) is 0 Å². The van der Waals surface area contributed by atoms with E-state index in [1.54, 1.807) is 12.2 Å². The van der Waals surface area contributed by atoms with E-state index < -0.39 is 0 Å². The van der Waals surface area contributed by atoms with Crippen molar-refractivity contribution < 1.29 is 14.5 Å². The van der Waals surface area contributed by atoms with Crippen LogP contribution in [-0.4, -0.2) is 17.9 Å². The highest BCUT2D eigenvalue weighted by molar-refractivity contribution is 6.23. The molecule has 2 heterocycles. The zero-order valence-corrected chi connectivity index (χ0v) is 16.8. The third kappa shape index (κ3) is 2.77. The van der Waals surface area contributed by atoms with Gasteiger partial charge in [0.1, 0.15) is 12.8 Å². The number of pyridine rings is 1. The molecule has 1 N–H and O–H groups in total. The molecule has 0 unspecified atom stereocenters. The summed E-state index contributed by atoms with van der Waals surface area (Å²) >= 11 is 0. The number of aryl methyl sites for hydroxylation is 1. The molecule has 146 valence electrons. The second kappa shape index (κ2) is 6.85. The molecule has 0 spiro atoms. The van der Waals surface area contributed by atoms with Crippen LogP contribution in [0.15, 0.2) is 95.4 Å². The number of fused-ring (bicyclic) bond motifs is 2. The molecule has 0 radical (unpaired) electrons. The molecule has 3 aromatic rings. The summed E-state index contributed by atoms with van der Waals surface area (Å²) in [6, 6.07) is 20.1. The number of aliphatic hydroxyl groups is 1. The molecule has 2 aliphatic rings. The van der Waals surface area contributed by atoms with Crippen molar-refractivity contribution in [1.82, 2.24) is 0 Å². The van der Waals surface area contributed by atoms with Crippen LogP contribution in [0.3, 0.4) is 0 Å². The number of anilines is 1. The topological polar surface area (TPSA) is 44.4 Å². The first kappa shape index (κ1) is 18.1. The van der Waals surface area contributed by atoms with Crippen LogP contribution in [0.25, 0.3) is 23.1 Å². The van der Waals surface area contributed by atoms with Gasteiger partial charge in [-0.25, -0.2) is 0 Å². The summed E-state index contributed by atoms with van der Waals surface area (Å²) < 4.78 is 2.02. The molecule has 30 heavy (non-hydrogen) atoms. The maximum Gasteiger partial charge on any atom is 0.212 e. The van der Waals surface area contributed by atoms with Gasteiger partial charge in [0.15, 0.2) is 0 Å². The Bertz CT molecular complexity index is 1340. The molecule has 0 fully saturated rings. The number of nitrogens with zero attached hydrogens (tertiary/aromatic N) is 2. The maximum absolute atomic E-state index is 12.8. The van der Waals surface area contributed by atoms with E-state index in [0.29, 0.717) is 11.1 Å². The Morgan fingerprint density at radius 3 is 2.53 bits per heavy atom. The predicted octanol–water partition coefficient (Wildman–Crippen LogP) is 4.49. The fourth-order valence-electron chi connectivity index (χ4n) is 4.02. The minimum Gasteiger partial charge on any atom is -0.506 e. The SMILES string of the molecule is CN1C(=CC2=C(O)C(=Cc3ccc4ccccc4[n+]3C)C2=O)C=Cc2ccccc21. The van der Waals surface area contributed by atoms with Crippen molar-refractivity contribution in [3.63, 3.8) is 0 Å². The molecule has 4 heteroatoms. The van der Waals surface area contributed by atoms with Gasteiger partial charge in [0, 0.05) is 42.0 Å². The Balaban J connectivity index is 1.50. The summed E-state index contributed by atoms with van der Waals surface area (Å²) in [5.74, 6) is -0.102. The summed E-state index contributed by atoms with van der Waals surface area (Å²) in [4.78, 5) is 14.8. The third-order valence-electron chi connectivity index (χ3n) is 5.82. The lowest BCUT2D eigenvalue weighted by molar-refractivity contribution is -0.646. The van der Waals surface area contributed by atoms with E-state index in [-0.39, 0.29) is 11.5 Å². The van der Waals surface area contributed by atoms with E-state index in [1.165, 1.54) is 0 Å². The van der Waals surface area contributed by atoms with Gasteiger partial charge in [0.2, 0.25) is 17.0 Å². The van der Waals surface area contributed by atoms with Gasteiger partial charge in [0.05, 0.1) is 11.1 Å². The van der Waals surface area contributed by atoms with Crippen molar-refractivity contribution in [2.24, 2.45) is 7.05 Å². The molecule has 1 aromatic heterocycles. The lowest BCUT2D eigenvalue weighted by atomic mass is 9.86. The lowest BCUT2D eigenvalue weighted by Crippen LogP contribution is -2.33. The van der Waals surface area contributed by atoms with Crippen LogP contribution in [0.1, 0.15) is 11.3 Å². The average molecular weight is 393 g/mol. The fraction of sp³-hybridized carbons (Fsp3) is 0.0769. The molecule has 5 rings (SSSR count). The molecule has 1 aliphatic carbocycles. The predicted molar refractivity (Wildman–Crippen MR) is 120 cm³/mol. The zero-order valence-electron chi connectivity index (χ0n) is 16.8. The van der Waals surface area contributed by atoms with Gasteiger partial charge in [-0.05, 0) is 35.9 Å². The molecular formula is C26H21N2O2+. The summed E-state index contributed by atoms with van der Waals surface area (Å²) in [6.07, 6.45) is 7.48. The van der Waals surface area contributed by atoms with Crippen LogP contribution < -0.4 is 9.47 Å². The molecule has 0 amide bonds. The number of hydrogen-bond acceptors (Lipinski definition) is 3. The Labute approximate surface area is 175 Å². The number of hydrogen-bond donors (Lipinski definition) is 1. The quantitative estimate of drug-likeness (QED) is 0.515. The lowest BCUT2D eigenvalue weighted by Gasteiger charge is -2.27. The van der Waals surface area contributed by atoms with Crippen LogP contribution >= 0.6 is 0 Å². The smallest absolute Gasteiger partial charge is 0.212 e. The number of para-hydroxylation sites is 2. The molecule has 4 nitrogen and oxygen atoms in total. The van der Waals surface area contributed by atoms with Crippen LogP contribution in [-0.2, 0) is 11.8 Å². The summed E-state index contributed by atoms with van der Waals surface area (Å²) in [7, 11) is 3.92. The van der Waals surface area contributed by atoms with Gasteiger partial charge in [-0.15, -0.1) is 0 Å². The van der Waals surface area contributed by atoms with Crippen molar-refractivity contribution in [3.8, 4) is 0 Å². The highest BCUT2D eigenvalue weighted by Gasteiger charge is 2.34. The number of allylic oxidation sites excluding steroid dienone is 4. The third-order valence-corrected chi connectivity index (χ3v) is 5.82. The van der Waals surface area contributed by atoms with Gasteiger partial charge >= 0.3 is 0 Å². The van der Waals surface area contributed by atoms with E-state index in [1.807, 2.05) is 84.2 Å². The second-order valence-electron chi connectivity index (χ2n) is 7.55. The molecule has 0 atom stereocenters. The largest absolute Gasteiger partial charge is 0.506 e. The maximum atomic E-state index is 12.8. The molecule has 0 bridgehead atoms. The van der Waals surface area contributed by atoms with Crippen molar-refractivity contribution in [1.29, 1.82) is 0 Å². The van der Waals surface area contributed by atoms with Crippen molar-refractivity contribution >= 4 is 34.5 Å². The van der Waals surface area contributed by atoms with Crippen molar-refractivity contribution in [2.75, 3.05) is 11.9 Å². The Morgan fingerprint density at radius 1 is 0.933 bits per heavy atom. The fourth-order valence-corrected chi connectivity index (χ4v) is 4.02. The minimum absolute atomic E-state index is 0.0429. The Kier molecular flexibility index (Phi) is 4.14. The average Bonchev–Trinajstić information content (AvgIpc) is 2.78. The van der Waals surface area contributed by atoms with Gasteiger partial charge in [-0.1, -0.05) is 36.4 Å². The number of aliphatic hydroxyl groups excluding tert-OH is 1. The van der Waals surface area contributed by atoms with Crippen LogP contribution in [0.4, 0.5) is 5.69 Å². The van der Waals surface area contributed by atoms with E-state index >= 15 is 0 Å². The van der Waals surface area contributed by atoms with Crippen molar-refractivity contribution in [2.45, 2.75) is 0 Å².